The van der Waals surface area contributed by atoms with E-state index < -0.39 is 0 Å². The number of hydrogen-bond acceptors (Lipinski definition) is 3. The van der Waals surface area contributed by atoms with Crippen molar-refractivity contribution in [1.82, 2.24) is 0 Å². The minimum atomic E-state index is -0.152. The molecule has 0 aromatic carbocycles. The number of carbonyl (C=O) groups is 1. The van der Waals surface area contributed by atoms with E-state index in [1.165, 1.54) is 64.7 Å². The summed E-state index contributed by atoms with van der Waals surface area (Å²) < 4.78 is 5.52. The van der Waals surface area contributed by atoms with Crippen LogP contribution >= 0.6 is 0 Å². The summed E-state index contributed by atoms with van der Waals surface area (Å²) in [6.07, 6.45) is 10.8. The van der Waals surface area contributed by atoms with Crippen LogP contribution in [0.1, 0.15) is 85.5 Å². The first-order valence-corrected chi connectivity index (χ1v) is 10.5. The van der Waals surface area contributed by atoms with Crippen molar-refractivity contribution in [3.05, 3.63) is 0 Å². The van der Waals surface area contributed by atoms with E-state index in [-0.39, 0.29) is 33.7 Å². The normalized spacial score (nSPS) is 54.5. The van der Waals surface area contributed by atoms with Crippen LogP contribution in [0.25, 0.3) is 0 Å². The predicted molar refractivity (Wildman–Crippen MR) is 97.9 cm³/mol. The van der Waals surface area contributed by atoms with Crippen molar-refractivity contribution in [2.75, 3.05) is 6.61 Å². The van der Waals surface area contributed by atoms with Crippen molar-refractivity contribution >= 4 is 5.97 Å². The Labute approximate surface area is 152 Å². The summed E-state index contributed by atoms with van der Waals surface area (Å²) in [5, 5.41) is 11.3. The van der Waals surface area contributed by atoms with Gasteiger partial charge in [-0.25, -0.2) is 0 Å². The molecular formula is C22H36O3. The molecule has 0 aromatic rings. The first-order valence-electron chi connectivity index (χ1n) is 10.5. The molecule has 0 aliphatic heterocycles. The molecule has 0 saturated heterocycles. The fourth-order valence-corrected chi connectivity index (χ4v) is 8.26. The number of esters is 1. The van der Waals surface area contributed by atoms with E-state index in [0.717, 1.165) is 0 Å². The van der Waals surface area contributed by atoms with Gasteiger partial charge in [-0.15, -0.1) is 0 Å². The molecule has 7 atom stereocenters. The van der Waals surface area contributed by atoms with Gasteiger partial charge in [0.05, 0.1) is 12.7 Å². The van der Waals surface area contributed by atoms with Gasteiger partial charge in [-0.2, -0.15) is 0 Å². The standard InChI is InChI=1S/C22H36O3/c1-15(23)25-14-20(3)8-5-9-21(4)16(20)7-11-22-13-12-19(2,18(22)24)10-6-17(21)22/h16-18,24H,5-14H2,1-4H3/t16-,17+,18?,19-,20-,21-,22-/m1/s1. The number of aliphatic hydroxyl groups is 1. The molecule has 1 spiro atoms. The molecule has 4 fully saturated rings. The van der Waals surface area contributed by atoms with E-state index in [4.69, 9.17) is 4.74 Å². The van der Waals surface area contributed by atoms with E-state index in [2.05, 4.69) is 20.8 Å². The van der Waals surface area contributed by atoms with Crippen LogP contribution < -0.4 is 0 Å². The molecule has 1 unspecified atom stereocenters. The van der Waals surface area contributed by atoms with Crippen LogP contribution in [0.5, 0.6) is 0 Å². The lowest BCUT2D eigenvalue weighted by atomic mass is 9.40. The fourth-order valence-electron chi connectivity index (χ4n) is 8.26. The molecule has 4 rings (SSSR count). The molecule has 3 heteroatoms. The van der Waals surface area contributed by atoms with Gasteiger partial charge in [0.15, 0.2) is 0 Å². The highest BCUT2D eigenvalue weighted by Crippen LogP contribution is 2.73. The Kier molecular flexibility index (Phi) is 3.90. The molecule has 4 aliphatic rings. The maximum Gasteiger partial charge on any atom is 0.302 e. The fraction of sp³-hybridized carbons (Fsp3) is 0.955. The second-order valence-corrected chi connectivity index (χ2v) is 10.8. The van der Waals surface area contributed by atoms with Gasteiger partial charge < -0.3 is 9.84 Å². The van der Waals surface area contributed by atoms with Gasteiger partial charge in [0.2, 0.25) is 0 Å². The van der Waals surface area contributed by atoms with E-state index in [1.54, 1.807) is 0 Å². The lowest BCUT2D eigenvalue weighted by Crippen LogP contribution is -2.61. The molecule has 0 heterocycles. The first-order chi connectivity index (χ1) is 11.7. The Hall–Kier alpha value is -0.570. The average Bonchev–Trinajstić information content (AvgIpc) is 2.70. The number of hydrogen-bond donors (Lipinski definition) is 1. The Morgan fingerprint density at radius 1 is 1.00 bits per heavy atom. The second kappa shape index (κ2) is 5.47. The third kappa shape index (κ3) is 2.30. The molecule has 4 aliphatic carbocycles. The van der Waals surface area contributed by atoms with Crippen molar-refractivity contribution in [2.24, 2.45) is 33.5 Å². The second-order valence-electron chi connectivity index (χ2n) is 10.8. The summed E-state index contributed by atoms with van der Waals surface area (Å²) in [4.78, 5) is 11.4. The number of rotatable bonds is 2. The minimum Gasteiger partial charge on any atom is -0.465 e. The number of fused-ring (bicyclic) bond motifs is 3. The van der Waals surface area contributed by atoms with Gasteiger partial charge in [0.1, 0.15) is 0 Å². The summed E-state index contributed by atoms with van der Waals surface area (Å²) in [5.41, 5.74) is 0.718. The lowest BCUT2D eigenvalue weighted by Gasteiger charge is -2.65. The van der Waals surface area contributed by atoms with E-state index in [1.807, 2.05) is 0 Å². The summed E-state index contributed by atoms with van der Waals surface area (Å²) in [6, 6.07) is 0. The molecule has 4 saturated carbocycles. The van der Waals surface area contributed by atoms with Crippen LogP contribution in [0.3, 0.4) is 0 Å². The van der Waals surface area contributed by atoms with Crippen LogP contribution in [-0.2, 0) is 9.53 Å². The zero-order valence-electron chi connectivity index (χ0n) is 16.6. The van der Waals surface area contributed by atoms with Gasteiger partial charge in [0, 0.05) is 17.8 Å². The van der Waals surface area contributed by atoms with Gasteiger partial charge in [-0.05, 0) is 74.0 Å². The third-order valence-corrected chi connectivity index (χ3v) is 9.46. The largest absolute Gasteiger partial charge is 0.465 e. The first kappa shape index (κ1) is 17.8. The number of carbonyl (C=O) groups excluding carboxylic acids is 1. The van der Waals surface area contributed by atoms with E-state index >= 15 is 0 Å². The molecule has 25 heavy (non-hydrogen) atoms. The molecular weight excluding hydrogens is 312 g/mol. The van der Waals surface area contributed by atoms with E-state index in [9.17, 15) is 9.90 Å². The maximum atomic E-state index is 11.4. The van der Waals surface area contributed by atoms with Gasteiger partial charge >= 0.3 is 5.97 Å². The highest BCUT2D eigenvalue weighted by molar-refractivity contribution is 5.65. The molecule has 3 nitrogen and oxygen atoms in total. The highest BCUT2D eigenvalue weighted by Gasteiger charge is 2.68. The SMILES string of the molecule is CC(=O)OC[C@@]1(C)CCC[C@]2(C)[C@@H]1CC[C@@]13CC[C@@](C)(CC[C@H]12)C3O. The summed E-state index contributed by atoms with van der Waals surface area (Å²) in [7, 11) is 0. The zero-order chi connectivity index (χ0) is 18.1. The maximum absolute atomic E-state index is 11.4. The van der Waals surface area contributed by atoms with Crippen molar-refractivity contribution in [3.8, 4) is 0 Å². The van der Waals surface area contributed by atoms with Gasteiger partial charge in [-0.1, -0.05) is 27.2 Å². The summed E-state index contributed by atoms with van der Waals surface area (Å²) in [6.45, 7) is 9.29. The van der Waals surface area contributed by atoms with Crippen LogP contribution in [0.15, 0.2) is 0 Å². The molecule has 1 N–H and O–H groups in total. The van der Waals surface area contributed by atoms with Crippen molar-refractivity contribution in [2.45, 2.75) is 91.6 Å². The smallest absolute Gasteiger partial charge is 0.302 e. The quantitative estimate of drug-likeness (QED) is 0.735. The predicted octanol–water partition coefficient (Wildman–Crippen LogP) is 4.71. The molecule has 142 valence electrons. The van der Waals surface area contributed by atoms with Crippen LogP contribution in [0.2, 0.25) is 0 Å². The number of aliphatic hydroxyl groups excluding tert-OH is 1. The summed E-state index contributed by atoms with van der Waals surface area (Å²) in [5.74, 6) is 1.10. The molecule has 2 bridgehead atoms. The third-order valence-electron chi connectivity index (χ3n) is 9.46. The Morgan fingerprint density at radius 2 is 1.72 bits per heavy atom. The lowest BCUT2D eigenvalue weighted by molar-refractivity contribution is -0.205. The molecule has 0 amide bonds. The zero-order valence-corrected chi connectivity index (χ0v) is 16.6. The van der Waals surface area contributed by atoms with E-state index in [0.29, 0.717) is 18.4 Å². The van der Waals surface area contributed by atoms with Crippen LogP contribution in [0.4, 0.5) is 0 Å². The minimum absolute atomic E-state index is 0.102. The van der Waals surface area contributed by atoms with Crippen LogP contribution in [-0.4, -0.2) is 23.8 Å². The van der Waals surface area contributed by atoms with Crippen LogP contribution in [0, 0.1) is 33.5 Å². The molecule has 0 aromatic heterocycles. The Morgan fingerprint density at radius 3 is 2.44 bits per heavy atom. The van der Waals surface area contributed by atoms with Gasteiger partial charge in [0.25, 0.3) is 0 Å². The van der Waals surface area contributed by atoms with Crippen molar-refractivity contribution in [3.63, 3.8) is 0 Å². The monoisotopic (exact) mass is 348 g/mol. The number of ether oxygens (including phenoxy) is 1. The van der Waals surface area contributed by atoms with Gasteiger partial charge in [-0.3, -0.25) is 4.79 Å². The Bertz CT molecular complexity index is 574. The van der Waals surface area contributed by atoms with Crippen molar-refractivity contribution in [1.29, 1.82) is 0 Å². The molecule has 0 radical (unpaired) electrons. The summed E-state index contributed by atoms with van der Waals surface area (Å²) >= 11 is 0. The van der Waals surface area contributed by atoms with Crippen molar-refractivity contribution < 1.29 is 14.6 Å². The topological polar surface area (TPSA) is 46.5 Å². The Balaban J connectivity index is 1.67. The average molecular weight is 349 g/mol. The highest BCUT2D eigenvalue weighted by atomic mass is 16.5.